The minimum atomic E-state index is -0.222. The molecule has 1 aromatic heterocycles. The predicted octanol–water partition coefficient (Wildman–Crippen LogP) is 1.36. The third-order valence-corrected chi connectivity index (χ3v) is 4.98. The van der Waals surface area contributed by atoms with E-state index in [0.29, 0.717) is 17.7 Å². The van der Waals surface area contributed by atoms with Gasteiger partial charge in [0.05, 0.1) is 6.10 Å². The molecule has 2 fully saturated rings. The number of anilines is 1. The van der Waals surface area contributed by atoms with Crippen molar-refractivity contribution in [2.75, 3.05) is 18.5 Å². The Hall–Kier alpha value is -1.69. The summed E-state index contributed by atoms with van der Waals surface area (Å²) in [6, 6.07) is 3.93. The normalized spacial score (nSPS) is 28.6. The van der Waals surface area contributed by atoms with Gasteiger partial charge in [-0.05, 0) is 37.8 Å². The number of aliphatic hydroxyl groups is 1. The second kappa shape index (κ2) is 6.60. The van der Waals surface area contributed by atoms with Gasteiger partial charge >= 0.3 is 0 Å². The van der Waals surface area contributed by atoms with Crippen LogP contribution in [0.5, 0.6) is 0 Å². The van der Waals surface area contributed by atoms with E-state index in [-0.39, 0.29) is 12.0 Å². The molecule has 0 aromatic carbocycles. The average molecular weight is 304 g/mol. The number of aliphatic hydroxyl groups excluding tert-OH is 1. The number of carbonyl (C=O) groups excluding carboxylic acids is 1. The van der Waals surface area contributed by atoms with Gasteiger partial charge in [0.2, 0.25) is 0 Å². The molecule has 1 saturated heterocycles. The molecule has 2 aliphatic rings. The zero-order valence-electron chi connectivity index (χ0n) is 13.0. The molecule has 1 amide bonds. The second-order valence-corrected chi connectivity index (χ2v) is 6.27. The monoisotopic (exact) mass is 304 g/mol. The van der Waals surface area contributed by atoms with Crippen molar-refractivity contribution < 1.29 is 9.90 Å². The fraction of sp³-hybridized carbons (Fsp3) is 0.688. The van der Waals surface area contributed by atoms with Crippen molar-refractivity contribution in [3.63, 3.8) is 0 Å². The zero-order valence-corrected chi connectivity index (χ0v) is 13.0. The molecule has 1 aromatic rings. The van der Waals surface area contributed by atoms with Gasteiger partial charge in [0, 0.05) is 25.6 Å². The van der Waals surface area contributed by atoms with Gasteiger partial charge in [-0.3, -0.25) is 4.79 Å². The summed E-state index contributed by atoms with van der Waals surface area (Å²) in [6.07, 6.45) is 6.35. The molecule has 1 aliphatic carbocycles. The summed E-state index contributed by atoms with van der Waals surface area (Å²) in [5.41, 5.74) is 0.333. The third-order valence-electron chi connectivity index (χ3n) is 4.98. The van der Waals surface area contributed by atoms with Crippen LogP contribution in [0.4, 0.5) is 5.82 Å². The van der Waals surface area contributed by atoms with Gasteiger partial charge in [0.1, 0.15) is 0 Å². The Morgan fingerprint density at radius 1 is 1.23 bits per heavy atom. The Bertz CT molecular complexity index is 519. The molecule has 6 heteroatoms. The summed E-state index contributed by atoms with van der Waals surface area (Å²) in [7, 11) is 1.58. The van der Waals surface area contributed by atoms with Gasteiger partial charge < -0.3 is 15.3 Å². The van der Waals surface area contributed by atoms with E-state index in [4.69, 9.17) is 0 Å². The summed E-state index contributed by atoms with van der Waals surface area (Å²) in [4.78, 5) is 13.8. The summed E-state index contributed by atoms with van der Waals surface area (Å²) in [5.74, 6) is 0.921. The maximum absolute atomic E-state index is 11.5. The van der Waals surface area contributed by atoms with Crippen molar-refractivity contribution in [1.29, 1.82) is 0 Å². The van der Waals surface area contributed by atoms with Crippen molar-refractivity contribution in [1.82, 2.24) is 15.5 Å². The highest BCUT2D eigenvalue weighted by atomic mass is 16.3. The first-order chi connectivity index (χ1) is 10.7. The van der Waals surface area contributed by atoms with Crippen molar-refractivity contribution >= 4 is 11.7 Å². The van der Waals surface area contributed by atoms with E-state index >= 15 is 0 Å². The highest BCUT2D eigenvalue weighted by molar-refractivity contribution is 5.91. The second-order valence-electron chi connectivity index (χ2n) is 6.27. The lowest BCUT2D eigenvalue weighted by Gasteiger charge is -2.37. The number of nitrogens with one attached hydrogen (secondary N) is 1. The summed E-state index contributed by atoms with van der Waals surface area (Å²) >= 11 is 0. The fourth-order valence-electron chi connectivity index (χ4n) is 3.84. The first kappa shape index (κ1) is 15.2. The minimum Gasteiger partial charge on any atom is -0.393 e. The maximum Gasteiger partial charge on any atom is 0.271 e. The van der Waals surface area contributed by atoms with E-state index in [0.717, 1.165) is 44.5 Å². The maximum atomic E-state index is 11.5. The Kier molecular flexibility index (Phi) is 4.57. The summed E-state index contributed by atoms with van der Waals surface area (Å²) in [6.45, 7) is 0.946. The topological polar surface area (TPSA) is 78.4 Å². The highest BCUT2D eigenvalue weighted by Gasteiger charge is 2.37. The first-order valence-electron chi connectivity index (χ1n) is 8.21. The Labute approximate surface area is 130 Å². The van der Waals surface area contributed by atoms with Crippen molar-refractivity contribution in [2.24, 2.45) is 5.92 Å². The molecule has 1 aliphatic heterocycles. The SMILES string of the molecule is CNC(=O)c1ccc(N2CCC[C@@H]2[C@@H]2CCCC[C@H]2O)nn1. The Balaban J connectivity index is 1.76. The minimum absolute atomic E-state index is 0.197. The van der Waals surface area contributed by atoms with Gasteiger partial charge in [-0.25, -0.2) is 0 Å². The molecule has 3 atom stereocenters. The highest BCUT2D eigenvalue weighted by Crippen LogP contribution is 2.36. The van der Waals surface area contributed by atoms with E-state index in [2.05, 4.69) is 20.4 Å². The van der Waals surface area contributed by atoms with E-state index in [1.165, 1.54) is 6.42 Å². The molecule has 2 heterocycles. The molecule has 3 rings (SSSR count). The smallest absolute Gasteiger partial charge is 0.271 e. The zero-order chi connectivity index (χ0) is 15.5. The Morgan fingerprint density at radius 3 is 2.73 bits per heavy atom. The molecule has 0 unspecified atom stereocenters. The number of amides is 1. The predicted molar refractivity (Wildman–Crippen MR) is 83.8 cm³/mol. The molecule has 120 valence electrons. The molecule has 0 bridgehead atoms. The average Bonchev–Trinajstić information content (AvgIpc) is 3.04. The van der Waals surface area contributed by atoms with Crippen LogP contribution in [0, 0.1) is 5.92 Å². The lowest BCUT2D eigenvalue weighted by atomic mass is 9.80. The summed E-state index contributed by atoms with van der Waals surface area (Å²) < 4.78 is 0. The van der Waals surface area contributed by atoms with Crippen LogP contribution in [-0.4, -0.2) is 46.9 Å². The van der Waals surface area contributed by atoms with Crippen LogP contribution < -0.4 is 10.2 Å². The molecule has 22 heavy (non-hydrogen) atoms. The molecule has 0 spiro atoms. The molecular formula is C16H24N4O2. The van der Waals surface area contributed by atoms with Crippen LogP contribution in [0.1, 0.15) is 49.0 Å². The number of hydrogen-bond donors (Lipinski definition) is 2. The molecular weight excluding hydrogens is 280 g/mol. The standard InChI is InChI=1S/C16H24N4O2/c1-17-16(22)12-8-9-15(19-18-12)20-10-4-6-13(20)11-5-2-3-7-14(11)21/h8-9,11,13-14,21H,2-7,10H2,1H3,(H,17,22)/t11-,13+,14+/m0/s1. The number of carbonyl (C=O) groups is 1. The van der Waals surface area contributed by atoms with Gasteiger partial charge in [-0.1, -0.05) is 12.8 Å². The fourth-order valence-corrected chi connectivity index (χ4v) is 3.84. The van der Waals surface area contributed by atoms with Gasteiger partial charge in [-0.2, -0.15) is 0 Å². The lowest BCUT2D eigenvalue weighted by molar-refractivity contribution is 0.0565. The quantitative estimate of drug-likeness (QED) is 0.881. The Morgan fingerprint density at radius 2 is 2.05 bits per heavy atom. The molecule has 1 saturated carbocycles. The van der Waals surface area contributed by atoms with E-state index in [1.54, 1.807) is 13.1 Å². The van der Waals surface area contributed by atoms with Gasteiger partial charge in [0.25, 0.3) is 5.91 Å². The van der Waals surface area contributed by atoms with Crippen LogP contribution in [0.15, 0.2) is 12.1 Å². The number of rotatable bonds is 3. The molecule has 6 nitrogen and oxygen atoms in total. The van der Waals surface area contributed by atoms with E-state index < -0.39 is 0 Å². The molecule has 0 radical (unpaired) electrons. The molecule has 2 N–H and O–H groups in total. The summed E-state index contributed by atoms with van der Waals surface area (Å²) in [5, 5.41) is 21.1. The van der Waals surface area contributed by atoms with Crippen LogP contribution in [0.3, 0.4) is 0 Å². The largest absolute Gasteiger partial charge is 0.393 e. The number of nitrogens with zero attached hydrogens (tertiary/aromatic N) is 3. The van der Waals surface area contributed by atoms with Gasteiger partial charge in [-0.15, -0.1) is 10.2 Å². The van der Waals surface area contributed by atoms with E-state index in [9.17, 15) is 9.90 Å². The third kappa shape index (κ3) is 2.92. The van der Waals surface area contributed by atoms with Crippen LogP contribution >= 0.6 is 0 Å². The first-order valence-corrected chi connectivity index (χ1v) is 8.21. The number of aromatic nitrogens is 2. The number of hydrogen-bond acceptors (Lipinski definition) is 5. The van der Waals surface area contributed by atoms with Crippen LogP contribution in [0.25, 0.3) is 0 Å². The van der Waals surface area contributed by atoms with Crippen molar-refractivity contribution in [2.45, 2.75) is 50.7 Å². The van der Waals surface area contributed by atoms with Crippen molar-refractivity contribution in [3.05, 3.63) is 17.8 Å². The van der Waals surface area contributed by atoms with Crippen LogP contribution in [0.2, 0.25) is 0 Å². The van der Waals surface area contributed by atoms with Crippen molar-refractivity contribution in [3.8, 4) is 0 Å². The lowest BCUT2D eigenvalue weighted by Crippen LogP contribution is -2.43. The van der Waals surface area contributed by atoms with Gasteiger partial charge in [0.15, 0.2) is 11.5 Å². The van der Waals surface area contributed by atoms with Crippen LogP contribution in [-0.2, 0) is 0 Å². The van der Waals surface area contributed by atoms with E-state index in [1.807, 2.05) is 6.07 Å².